The smallest absolute Gasteiger partial charge is 0.344 e. The van der Waals surface area contributed by atoms with E-state index >= 15 is 0 Å². The Hall–Kier alpha value is -3.80. The van der Waals surface area contributed by atoms with Gasteiger partial charge in [-0.2, -0.15) is 0 Å². The SMILES string of the molecule is COC(=O)CCS(=O)(=O)N(Cc1ccc2oc(=O)c(-c3ccccc3C)cc2c1)S(=O)(=O)c1ccccc1. The number of methoxy groups -OCH3 is 1. The second-order valence-corrected chi connectivity index (χ2v) is 12.6. The van der Waals surface area contributed by atoms with Crippen molar-refractivity contribution in [2.45, 2.75) is 24.8 Å². The number of fused-ring (bicyclic) bond motifs is 1. The first-order valence-electron chi connectivity index (χ1n) is 11.5. The van der Waals surface area contributed by atoms with Gasteiger partial charge in [0.25, 0.3) is 10.0 Å². The van der Waals surface area contributed by atoms with Crippen LogP contribution in [0.1, 0.15) is 17.5 Å². The number of hydrogen-bond acceptors (Lipinski definition) is 8. The minimum Gasteiger partial charge on any atom is -0.469 e. The van der Waals surface area contributed by atoms with E-state index in [1.807, 2.05) is 19.1 Å². The summed E-state index contributed by atoms with van der Waals surface area (Å²) in [6.07, 6.45) is -0.512. The van der Waals surface area contributed by atoms with Gasteiger partial charge in [-0.1, -0.05) is 52.2 Å². The van der Waals surface area contributed by atoms with Crippen LogP contribution < -0.4 is 5.63 Å². The first-order valence-corrected chi connectivity index (χ1v) is 14.6. The van der Waals surface area contributed by atoms with Gasteiger partial charge in [0.1, 0.15) is 5.58 Å². The molecule has 0 fully saturated rings. The summed E-state index contributed by atoms with van der Waals surface area (Å²) in [7, 11) is -7.87. The maximum absolute atomic E-state index is 13.5. The Labute approximate surface area is 220 Å². The van der Waals surface area contributed by atoms with Gasteiger partial charge in [0.05, 0.1) is 36.3 Å². The topological polar surface area (TPSA) is 128 Å². The summed E-state index contributed by atoms with van der Waals surface area (Å²) in [5.41, 5.74) is 1.95. The van der Waals surface area contributed by atoms with Gasteiger partial charge in [-0.15, -0.1) is 0 Å². The predicted octanol–water partition coefficient (Wildman–Crippen LogP) is 3.85. The van der Waals surface area contributed by atoms with Crippen LogP contribution in [0.4, 0.5) is 0 Å². The summed E-state index contributed by atoms with van der Waals surface area (Å²) in [6.45, 7) is 1.33. The standard InChI is InChI=1S/C27H25NO8S2/c1-19-8-6-7-11-23(19)24-17-21-16-20(12-13-25(21)36-27(24)30)18-28(37(31,32)15-14-26(29)35-2)38(33,34)22-9-4-3-5-10-22/h3-13,16-17H,14-15,18H2,1-2H3. The molecule has 0 spiro atoms. The van der Waals surface area contributed by atoms with Crippen LogP contribution in [0.25, 0.3) is 22.1 Å². The number of carbonyl (C=O) groups is 1. The number of benzene rings is 3. The molecule has 198 valence electrons. The molecule has 0 radical (unpaired) electrons. The van der Waals surface area contributed by atoms with Crippen molar-refractivity contribution in [3.8, 4) is 11.1 Å². The Bertz CT molecular complexity index is 1760. The zero-order chi connectivity index (χ0) is 27.5. The van der Waals surface area contributed by atoms with Crippen LogP contribution in [0.3, 0.4) is 0 Å². The van der Waals surface area contributed by atoms with E-state index in [1.54, 1.807) is 30.3 Å². The zero-order valence-electron chi connectivity index (χ0n) is 20.7. The molecule has 3 aromatic carbocycles. The van der Waals surface area contributed by atoms with Crippen LogP contribution in [0, 0.1) is 6.92 Å². The monoisotopic (exact) mass is 555 g/mol. The van der Waals surface area contributed by atoms with E-state index in [0.717, 1.165) is 12.7 Å². The van der Waals surface area contributed by atoms with E-state index in [2.05, 4.69) is 4.74 Å². The van der Waals surface area contributed by atoms with Gasteiger partial charge < -0.3 is 9.15 Å². The van der Waals surface area contributed by atoms with Crippen molar-refractivity contribution in [3.63, 3.8) is 0 Å². The number of hydrogen-bond donors (Lipinski definition) is 0. The summed E-state index contributed by atoms with van der Waals surface area (Å²) < 4.78 is 63.8. The van der Waals surface area contributed by atoms with E-state index in [-0.39, 0.29) is 10.5 Å². The van der Waals surface area contributed by atoms with Crippen molar-refractivity contribution < 1.29 is 30.8 Å². The number of sulfonamides is 2. The number of esters is 1. The highest BCUT2D eigenvalue weighted by molar-refractivity contribution is 8.04. The van der Waals surface area contributed by atoms with Crippen LogP contribution in [-0.2, 0) is 36.1 Å². The van der Waals surface area contributed by atoms with Gasteiger partial charge in [-0.05, 0) is 53.9 Å². The van der Waals surface area contributed by atoms with Crippen LogP contribution in [0.15, 0.2) is 93.0 Å². The number of carbonyl (C=O) groups excluding carboxylic acids is 1. The average molecular weight is 556 g/mol. The second kappa shape index (κ2) is 10.9. The minimum absolute atomic E-state index is 0.213. The molecular formula is C27H25NO8S2. The molecule has 4 rings (SSSR count). The first-order chi connectivity index (χ1) is 18.0. The third-order valence-electron chi connectivity index (χ3n) is 5.95. The van der Waals surface area contributed by atoms with Crippen LogP contribution >= 0.6 is 0 Å². The second-order valence-electron chi connectivity index (χ2n) is 8.53. The summed E-state index contributed by atoms with van der Waals surface area (Å²) in [5, 5.41) is 0.490. The number of aryl methyl sites for hydroxylation is 1. The number of ether oxygens (including phenoxy) is 1. The average Bonchev–Trinajstić information content (AvgIpc) is 2.91. The van der Waals surface area contributed by atoms with Gasteiger partial charge in [-0.3, -0.25) is 4.79 Å². The molecule has 0 bridgehead atoms. The molecule has 0 atom stereocenters. The van der Waals surface area contributed by atoms with Crippen molar-refractivity contribution in [1.29, 1.82) is 0 Å². The molecule has 0 aliphatic carbocycles. The van der Waals surface area contributed by atoms with Crippen molar-refractivity contribution >= 4 is 37.0 Å². The molecule has 1 heterocycles. The highest BCUT2D eigenvalue weighted by Crippen LogP contribution is 2.27. The van der Waals surface area contributed by atoms with Crippen molar-refractivity contribution in [1.82, 2.24) is 3.71 Å². The molecule has 0 saturated carbocycles. The lowest BCUT2D eigenvalue weighted by molar-refractivity contribution is -0.140. The minimum atomic E-state index is -4.51. The summed E-state index contributed by atoms with van der Waals surface area (Å²) in [4.78, 5) is 24.1. The largest absolute Gasteiger partial charge is 0.469 e. The van der Waals surface area contributed by atoms with Crippen LogP contribution in [0.5, 0.6) is 0 Å². The van der Waals surface area contributed by atoms with E-state index < -0.39 is 50.4 Å². The molecule has 1 aromatic heterocycles. The third kappa shape index (κ3) is 5.69. The first kappa shape index (κ1) is 27.2. The maximum Gasteiger partial charge on any atom is 0.344 e. The molecule has 4 aromatic rings. The Morgan fingerprint density at radius 2 is 1.58 bits per heavy atom. The summed E-state index contributed by atoms with van der Waals surface area (Å²) in [6, 6.07) is 20.6. The lowest BCUT2D eigenvalue weighted by Crippen LogP contribution is -2.38. The highest BCUT2D eigenvalue weighted by atomic mass is 32.3. The van der Waals surface area contributed by atoms with Gasteiger partial charge in [0.15, 0.2) is 0 Å². The fraction of sp³-hybridized carbons (Fsp3) is 0.185. The predicted molar refractivity (Wildman–Crippen MR) is 142 cm³/mol. The van der Waals surface area contributed by atoms with E-state index in [9.17, 15) is 26.4 Å². The summed E-state index contributed by atoms with van der Waals surface area (Å²) >= 11 is 0. The van der Waals surface area contributed by atoms with E-state index in [4.69, 9.17) is 4.42 Å². The Balaban J connectivity index is 1.79. The van der Waals surface area contributed by atoms with Crippen LogP contribution in [0.2, 0.25) is 0 Å². The van der Waals surface area contributed by atoms with Crippen LogP contribution in [-0.4, -0.2) is 39.4 Å². The van der Waals surface area contributed by atoms with E-state index in [1.165, 1.54) is 36.4 Å². The molecule has 38 heavy (non-hydrogen) atoms. The quantitative estimate of drug-likeness (QED) is 0.225. The molecule has 0 amide bonds. The Morgan fingerprint density at radius 1 is 0.895 bits per heavy atom. The highest BCUT2D eigenvalue weighted by Gasteiger charge is 2.35. The molecule has 0 aliphatic rings. The molecule has 0 unspecified atom stereocenters. The molecule has 11 heteroatoms. The molecule has 0 aliphatic heterocycles. The van der Waals surface area contributed by atoms with E-state index in [0.29, 0.717) is 25.8 Å². The molecule has 0 N–H and O–H groups in total. The fourth-order valence-corrected chi connectivity index (χ4v) is 7.65. The normalized spacial score (nSPS) is 12.1. The van der Waals surface area contributed by atoms with Gasteiger partial charge >= 0.3 is 11.6 Å². The van der Waals surface area contributed by atoms with Gasteiger partial charge in [0, 0.05) is 5.39 Å². The Morgan fingerprint density at radius 3 is 2.26 bits per heavy atom. The lowest BCUT2D eigenvalue weighted by atomic mass is 10.0. The van der Waals surface area contributed by atoms with Crippen molar-refractivity contribution in [2.24, 2.45) is 0 Å². The Kier molecular flexibility index (Phi) is 7.81. The van der Waals surface area contributed by atoms with Crippen molar-refractivity contribution in [2.75, 3.05) is 12.9 Å². The van der Waals surface area contributed by atoms with Crippen molar-refractivity contribution in [3.05, 3.63) is 100 Å². The zero-order valence-corrected chi connectivity index (χ0v) is 22.3. The summed E-state index contributed by atoms with van der Waals surface area (Å²) in [5.74, 6) is -1.54. The fourth-order valence-electron chi connectivity index (χ4n) is 3.94. The molecule has 0 saturated heterocycles. The van der Waals surface area contributed by atoms with Gasteiger partial charge in [-0.25, -0.2) is 21.6 Å². The number of rotatable bonds is 9. The number of nitrogens with zero attached hydrogens (tertiary/aromatic N) is 1. The maximum atomic E-state index is 13.5. The molecular weight excluding hydrogens is 530 g/mol. The third-order valence-corrected chi connectivity index (χ3v) is 10.2. The van der Waals surface area contributed by atoms with Gasteiger partial charge in [0.2, 0.25) is 10.0 Å². The molecule has 9 nitrogen and oxygen atoms in total. The lowest BCUT2D eigenvalue weighted by Gasteiger charge is -2.22.